The van der Waals surface area contributed by atoms with Gasteiger partial charge in [0.15, 0.2) is 0 Å². The second-order valence-corrected chi connectivity index (χ2v) is 5.58. The van der Waals surface area contributed by atoms with Gasteiger partial charge in [-0.1, -0.05) is 36.2 Å². The van der Waals surface area contributed by atoms with Crippen LogP contribution in [0.2, 0.25) is 10.0 Å². The fraction of sp³-hybridized carbons (Fsp3) is 0.455. The maximum absolute atomic E-state index is 8.78. The van der Waals surface area contributed by atoms with Crippen LogP contribution in [0.5, 0.6) is 0 Å². The highest BCUT2D eigenvalue weighted by molar-refractivity contribution is 7.99. The van der Waals surface area contributed by atoms with E-state index in [1.165, 1.54) is 0 Å². The lowest BCUT2D eigenvalue weighted by molar-refractivity contribution is 0.289. The molecule has 0 amide bonds. The molecule has 0 aliphatic rings. The van der Waals surface area contributed by atoms with E-state index in [9.17, 15) is 0 Å². The minimum Gasteiger partial charge on any atom is -0.396 e. The summed E-state index contributed by atoms with van der Waals surface area (Å²) in [5, 5.41) is 10.6. The van der Waals surface area contributed by atoms with Crippen molar-refractivity contribution in [2.24, 2.45) is 0 Å². The molecule has 1 rings (SSSR count). The number of rotatable bonds is 5. The number of hydrogen-bond donors (Lipinski definition) is 1. The van der Waals surface area contributed by atoms with E-state index in [2.05, 4.69) is 6.92 Å². The second-order valence-electron chi connectivity index (χ2n) is 3.33. The summed E-state index contributed by atoms with van der Waals surface area (Å²) in [6, 6.07) is 5.54. The number of benzene rings is 1. The fourth-order valence-corrected chi connectivity index (χ4v) is 2.88. The van der Waals surface area contributed by atoms with Crippen LogP contribution >= 0.6 is 35.0 Å². The number of aliphatic hydroxyl groups excluding tert-OH is 1. The van der Waals surface area contributed by atoms with Gasteiger partial charge in [0.2, 0.25) is 0 Å². The zero-order chi connectivity index (χ0) is 11.3. The predicted molar refractivity (Wildman–Crippen MR) is 68.9 cm³/mol. The molecular formula is C11H14Cl2OS. The van der Waals surface area contributed by atoms with Gasteiger partial charge < -0.3 is 5.11 Å². The van der Waals surface area contributed by atoms with Gasteiger partial charge in [0.25, 0.3) is 0 Å². The summed E-state index contributed by atoms with van der Waals surface area (Å²) in [6.45, 7) is 2.32. The quantitative estimate of drug-likeness (QED) is 0.868. The van der Waals surface area contributed by atoms with Gasteiger partial charge in [-0.3, -0.25) is 0 Å². The highest BCUT2D eigenvalue weighted by atomic mass is 35.5. The molecule has 0 fully saturated rings. The molecule has 0 saturated carbocycles. The first-order chi connectivity index (χ1) is 7.15. The molecule has 1 aromatic carbocycles. The lowest BCUT2D eigenvalue weighted by Crippen LogP contribution is -2.00. The molecule has 1 unspecified atom stereocenters. The Morgan fingerprint density at radius 3 is 2.47 bits per heavy atom. The zero-order valence-electron chi connectivity index (χ0n) is 8.54. The molecule has 0 spiro atoms. The van der Waals surface area contributed by atoms with Crippen molar-refractivity contribution in [3.8, 4) is 0 Å². The Bertz CT molecular complexity index is 297. The highest BCUT2D eigenvalue weighted by Crippen LogP contribution is 2.30. The fourth-order valence-electron chi connectivity index (χ4n) is 1.16. The molecule has 0 radical (unpaired) electrons. The van der Waals surface area contributed by atoms with E-state index in [0.717, 1.165) is 17.7 Å². The van der Waals surface area contributed by atoms with E-state index in [1.807, 2.05) is 18.2 Å². The molecule has 0 aliphatic carbocycles. The number of halogens is 2. The van der Waals surface area contributed by atoms with Gasteiger partial charge in [-0.05, 0) is 24.1 Å². The first-order valence-electron chi connectivity index (χ1n) is 4.80. The molecule has 1 nitrogen and oxygen atoms in total. The summed E-state index contributed by atoms with van der Waals surface area (Å²) in [6.07, 6.45) is 0.798. The van der Waals surface area contributed by atoms with Crippen LogP contribution in [0.25, 0.3) is 0 Å². The third-order valence-electron chi connectivity index (χ3n) is 2.11. The molecule has 84 valence electrons. The lowest BCUT2D eigenvalue weighted by atomic mass is 10.2. The van der Waals surface area contributed by atoms with E-state index in [1.54, 1.807) is 11.8 Å². The van der Waals surface area contributed by atoms with Crippen LogP contribution < -0.4 is 0 Å². The van der Waals surface area contributed by atoms with Crippen LogP contribution in [-0.2, 0) is 5.75 Å². The Kier molecular flexibility index (Phi) is 5.83. The summed E-state index contributed by atoms with van der Waals surface area (Å²) in [4.78, 5) is 0. The molecule has 0 bridgehead atoms. The summed E-state index contributed by atoms with van der Waals surface area (Å²) in [5.74, 6) is 0.791. The van der Waals surface area contributed by atoms with Crippen LogP contribution in [0.15, 0.2) is 18.2 Å². The minimum atomic E-state index is 0.227. The third kappa shape index (κ3) is 4.23. The van der Waals surface area contributed by atoms with Crippen LogP contribution in [0.3, 0.4) is 0 Å². The Hall–Kier alpha value is 0.110. The standard InChI is InChI=1S/C11H14Cl2OS/c1-8(5-6-14)15-7-9-10(12)3-2-4-11(9)13/h2-4,8,14H,5-7H2,1H3. The summed E-state index contributed by atoms with van der Waals surface area (Å²) < 4.78 is 0. The maximum Gasteiger partial charge on any atom is 0.0461 e. The maximum atomic E-state index is 8.78. The molecule has 1 N–H and O–H groups in total. The van der Waals surface area contributed by atoms with Crippen molar-refractivity contribution in [1.29, 1.82) is 0 Å². The van der Waals surface area contributed by atoms with Crippen LogP contribution in [0.1, 0.15) is 18.9 Å². The van der Waals surface area contributed by atoms with Gasteiger partial charge >= 0.3 is 0 Å². The van der Waals surface area contributed by atoms with E-state index in [0.29, 0.717) is 15.3 Å². The van der Waals surface area contributed by atoms with Gasteiger partial charge in [0, 0.05) is 27.7 Å². The van der Waals surface area contributed by atoms with E-state index >= 15 is 0 Å². The minimum absolute atomic E-state index is 0.227. The normalized spacial score (nSPS) is 12.8. The summed E-state index contributed by atoms with van der Waals surface area (Å²) in [5.41, 5.74) is 0.982. The largest absolute Gasteiger partial charge is 0.396 e. The van der Waals surface area contributed by atoms with Gasteiger partial charge in [0.1, 0.15) is 0 Å². The highest BCUT2D eigenvalue weighted by Gasteiger charge is 2.08. The number of aliphatic hydroxyl groups is 1. The van der Waals surface area contributed by atoms with Gasteiger partial charge in [-0.25, -0.2) is 0 Å². The predicted octanol–water partition coefficient (Wildman–Crippen LogP) is 4.00. The van der Waals surface area contributed by atoms with E-state index in [-0.39, 0.29) is 6.61 Å². The molecule has 0 aromatic heterocycles. The smallest absolute Gasteiger partial charge is 0.0461 e. The SMILES string of the molecule is CC(CCO)SCc1c(Cl)cccc1Cl. The Morgan fingerprint density at radius 2 is 1.93 bits per heavy atom. The van der Waals surface area contributed by atoms with Crippen molar-refractivity contribution >= 4 is 35.0 Å². The van der Waals surface area contributed by atoms with Gasteiger partial charge in [-0.15, -0.1) is 0 Å². The van der Waals surface area contributed by atoms with E-state index < -0.39 is 0 Å². The number of hydrogen-bond acceptors (Lipinski definition) is 2. The van der Waals surface area contributed by atoms with Crippen LogP contribution in [0.4, 0.5) is 0 Å². The van der Waals surface area contributed by atoms with E-state index in [4.69, 9.17) is 28.3 Å². The molecule has 0 heterocycles. The Labute approximate surface area is 105 Å². The molecule has 4 heteroatoms. The molecule has 0 aliphatic heterocycles. The average molecular weight is 265 g/mol. The van der Waals surface area contributed by atoms with Crippen LogP contribution in [-0.4, -0.2) is 17.0 Å². The van der Waals surface area contributed by atoms with Crippen molar-refractivity contribution in [1.82, 2.24) is 0 Å². The zero-order valence-corrected chi connectivity index (χ0v) is 10.9. The van der Waals surface area contributed by atoms with Crippen molar-refractivity contribution in [2.75, 3.05) is 6.61 Å². The third-order valence-corrected chi connectivity index (χ3v) is 4.08. The molecular weight excluding hydrogens is 251 g/mol. The van der Waals surface area contributed by atoms with Crippen molar-refractivity contribution < 1.29 is 5.11 Å². The monoisotopic (exact) mass is 264 g/mol. The van der Waals surface area contributed by atoms with Crippen molar-refractivity contribution in [2.45, 2.75) is 24.3 Å². The van der Waals surface area contributed by atoms with Gasteiger partial charge in [-0.2, -0.15) is 11.8 Å². The Morgan fingerprint density at radius 1 is 1.33 bits per heavy atom. The van der Waals surface area contributed by atoms with Crippen molar-refractivity contribution in [3.05, 3.63) is 33.8 Å². The average Bonchev–Trinajstić information content (AvgIpc) is 2.17. The molecule has 1 aromatic rings. The van der Waals surface area contributed by atoms with Crippen LogP contribution in [0, 0.1) is 0 Å². The molecule has 15 heavy (non-hydrogen) atoms. The molecule has 0 saturated heterocycles. The van der Waals surface area contributed by atoms with Crippen molar-refractivity contribution in [3.63, 3.8) is 0 Å². The first-order valence-corrected chi connectivity index (χ1v) is 6.61. The Balaban J connectivity index is 2.57. The lowest BCUT2D eigenvalue weighted by Gasteiger charge is -2.11. The number of thioether (sulfide) groups is 1. The van der Waals surface area contributed by atoms with Gasteiger partial charge in [0.05, 0.1) is 0 Å². The summed E-state index contributed by atoms with van der Waals surface area (Å²) in [7, 11) is 0. The summed E-state index contributed by atoms with van der Waals surface area (Å²) >= 11 is 13.8. The topological polar surface area (TPSA) is 20.2 Å². The second kappa shape index (κ2) is 6.64. The first kappa shape index (κ1) is 13.2. The molecule has 1 atom stereocenters.